The number of non-ortho nitro benzene ring substituents is 1. The first kappa shape index (κ1) is 32.8. The number of carbonyl (C=O) groups is 3. The van der Waals surface area contributed by atoms with Gasteiger partial charge in [0.2, 0.25) is 11.8 Å². The summed E-state index contributed by atoms with van der Waals surface area (Å²) in [6.07, 6.45) is -4.68. The van der Waals surface area contributed by atoms with E-state index in [4.69, 9.17) is 9.47 Å². The molecule has 48 heavy (non-hydrogen) atoms. The number of nitro benzene ring substituents is 1. The predicted molar refractivity (Wildman–Crippen MR) is 169 cm³/mol. The molecule has 4 aromatic rings. The Morgan fingerprint density at radius 3 is 2.44 bits per heavy atom. The zero-order valence-electron chi connectivity index (χ0n) is 24.6. The highest BCUT2D eigenvalue weighted by Gasteiger charge is 2.56. The van der Waals surface area contributed by atoms with Crippen molar-refractivity contribution < 1.29 is 42.0 Å². The number of imide groups is 1. The van der Waals surface area contributed by atoms with Crippen molar-refractivity contribution in [3.63, 3.8) is 0 Å². The van der Waals surface area contributed by atoms with Gasteiger partial charge >= 0.3 is 11.0 Å². The summed E-state index contributed by atoms with van der Waals surface area (Å²) in [5.41, 5.74) is -0.996. The summed E-state index contributed by atoms with van der Waals surface area (Å²) >= 11 is 1.96. The number of hydrogen-bond acceptors (Lipinski definition) is 10. The minimum atomic E-state index is -4.68. The quantitative estimate of drug-likeness (QED) is 0.129. The number of amides is 3. The number of H-pyrrole nitrogens is 1. The first-order chi connectivity index (χ1) is 22.9. The molecule has 0 aliphatic carbocycles. The van der Waals surface area contributed by atoms with Gasteiger partial charge in [0.25, 0.3) is 11.6 Å². The number of thioether (sulfide) groups is 1. The second-order valence-electron chi connectivity index (χ2n) is 10.6. The molecule has 3 unspecified atom stereocenters. The van der Waals surface area contributed by atoms with Crippen LogP contribution in [-0.4, -0.2) is 46.1 Å². The second kappa shape index (κ2) is 12.8. The van der Waals surface area contributed by atoms with Crippen molar-refractivity contribution in [3.05, 3.63) is 103 Å². The normalized spacial score (nSPS) is 18.7. The van der Waals surface area contributed by atoms with E-state index < -0.39 is 63.8 Å². The maximum absolute atomic E-state index is 14.0. The monoisotopic (exact) mass is 700 g/mol. The van der Waals surface area contributed by atoms with Crippen LogP contribution in [0.1, 0.15) is 28.8 Å². The molecule has 1 aromatic heterocycles. The average molecular weight is 701 g/mol. The maximum Gasteiger partial charge on any atom is 0.418 e. The molecule has 2 aliphatic rings. The highest BCUT2D eigenvalue weighted by Crippen LogP contribution is 2.54. The van der Waals surface area contributed by atoms with Gasteiger partial charge in [-0.1, -0.05) is 41.3 Å². The molecule has 0 saturated carbocycles. The third-order valence-electron chi connectivity index (χ3n) is 7.63. The number of carbonyl (C=O) groups excluding carboxylic acids is 3. The highest BCUT2D eigenvalue weighted by atomic mass is 32.2. The number of anilines is 2. The van der Waals surface area contributed by atoms with Crippen LogP contribution >= 0.6 is 23.1 Å². The number of hydrogen-bond donors (Lipinski definition) is 2. The van der Waals surface area contributed by atoms with Crippen molar-refractivity contribution in [1.29, 1.82) is 0 Å². The SMILES string of the molecule is CCOc1cc(C2c3sc(=O)[nH]c3SC3C(=O)N(c4ccc([N+](=O)[O-])cc4)C(=O)C32)ccc1OCC(=O)Nc1ccccc1C(F)(F)F. The Hall–Kier alpha value is -5.16. The summed E-state index contributed by atoms with van der Waals surface area (Å²) < 4.78 is 51.5. The molecule has 3 amide bonds. The molecule has 6 rings (SSSR count). The number of nitrogens with one attached hydrogen (secondary N) is 2. The Balaban J connectivity index is 1.29. The molecular formula is C31H23F3N4O8S2. The molecule has 1 saturated heterocycles. The average Bonchev–Trinajstić information content (AvgIpc) is 3.54. The zero-order chi connectivity index (χ0) is 34.3. The van der Waals surface area contributed by atoms with Crippen LogP contribution < -0.4 is 24.6 Å². The topological polar surface area (TPSA) is 161 Å². The lowest BCUT2D eigenvalue weighted by Crippen LogP contribution is -2.32. The van der Waals surface area contributed by atoms with E-state index in [2.05, 4.69) is 10.3 Å². The fraction of sp³-hybridized carbons (Fsp3) is 0.226. The Kier molecular flexibility index (Phi) is 8.74. The van der Waals surface area contributed by atoms with Gasteiger partial charge in [-0.25, -0.2) is 4.90 Å². The van der Waals surface area contributed by atoms with E-state index in [0.717, 1.165) is 40.1 Å². The summed E-state index contributed by atoms with van der Waals surface area (Å²) in [6.45, 7) is 1.20. The van der Waals surface area contributed by atoms with Crippen LogP contribution in [0, 0.1) is 16.0 Å². The Morgan fingerprint density at radius 2 is 1.75 bits per heavy atom. The van der Waals surface area contributed by atoms with Crippen LogP contribution in [0.4, 0.5) is 30.2 Å². The largest absolute Gasteiger partial charge is 0.490 e. The fourth-order valence-corrected chi connectivity index (χ4v) is 8.14. The van der Waals surface area contributed by atoms with E-state index in [1.165, 1.54) is 42.5 Å². The van der Waals surface area contributed by atoms with Gasteiger partial charge in [0.15, 0.2) is 18.1 Å². The number of benzene rings is 3. The Labute approximate surface area is 277 Å². The van der Waals surface area contributed by atoms with Crippen molar-refractivity contribution in [2.24, 2.45) is 5.92 Å². The summed E-state index contributed by atoms with van der Waals surface area (Å²) in [6, 6.07) is 14.2. The van der Waals surface area contributed by atoms with Crippen LogP contribution in [0.3, 0.4) is 0 Å². The minimum Gasteiger partial charge on any atom is -0.490 e. The summed E-state index contributed by atoms with van der Waals surface area (Å²) in [4.78, 5) is 67.1. The van der Waals surface area contributed by atoms with E-state index >= 15 is 0 Å². The first-order valence-electron chi connectivity index (χ1n) is 14.2. The van der Waals surface area contributed by atoms with Gasteiger partial charge in [0.1, 0.15) is 5.25 Å². The van der Waals surface area contributed by atoms with E-state index in [-0.39, 0.29) is 34.4 Å². The third kappa shape index (κ3) is 6.13. The van der Waals surface area contributed by atoms with Crippen LogP contribution in [0.2, 0.25) is 0 Å². The van der Waals surface area contributed by atoms with Gasteiger partial charge in [0.05, 0.1) is 39.4 Å². The molecule has 1 fully saturated rings. The van der Waals surface area contributed by atoms with Crippen LogP contribution in [0.5, 0.6) is 11.5 Å². The number of nitrogens with zero attached hydrogens (tertiary/aromatic N) is 2. The number of fused-ring (bicyclic) bond motifs is 2. The van der Waals surface area contributed by atoms with Crippen molar-refractivity contribution in [2.45, 2.75) is 29.3 Å². The third-order valence-corrected chi connectivity index (χ3v) is 10.0. The van der Waals surface area contributed by atoms with Crippen molar-refractivity contribution in [1.82, 2.24) is 4.98 Å². The van der Waals surface area contributed by atoms with E-state index in [1.54, 1.807) is 19.1 Å². The second-order valence-corrected chi connectivity index (χ2v) is 12.7. The number of thiazole rings is 1. The van der Waals surface area contributed by atoms with Crippen molar-refractivity contribution in [3.8, 4) is 11.5 Å². The number of alkyl halides is 3. The first-order valence-corrected chi connectivity index (χ1v) is 15.9. The molecule has 3 heterocycles. The minimum absolute atomic E-state index is 0.0883. The standard InChI is InChI=1S/C31H23F3N4O8S2/c1-2-45-21-13-15(7-12-20(21)46-14-22(39)35-19-6-4-3-5-18(19)31(32,33)34)23-24-26(47-27-25(23)48-30(42)36-27)29(41)37(28(24)40)16-8-10-17(11-9-16)38(43)44/h3-13,23-24,26H,2,14H2,1H3,(H,35,39)(H,36,42). The number of halogens is 3. The molecule has 248 valence electrons. The van der Waals surface area contributed by atoms with Gasteiger partial charge < -0.3 is 19.8 Å². The van der Waals surface area contributed by atoms with Gasteiger partial charge in [-0.3, -0.25) is 29.3 Å². The van der Waals surface area contributed by atoms with Gasteiger partial charge in [-0.05, 0) is 48.9 Å². The van der Waals surface area contributed by atoms with E-state index in [9.17, 15) is 42.5 Å². The number of ether oxygens (including phenoxy) is 2. The molecular weight excluding hydrogens is 677 g/mol. The summed E-state index contributed by atoms with van der Waals surface area (Å²) in [5, 5.41) is 12.8. The molecule has 3 atom stereocenters. The lowest BCUT2D eigenvalue weighted by atomic mass is 9.83. The van der Waals surface area contributed by atoms with E-state index in [0.29, 0.717) is 15.5 Å². The number of aromatic nitrogens is 1. The van der Waals surface area contributed by atoms with Crippen LogP contribution in [0.15, 0.2) is 76.6 Å². The predicted octanol–water partition coefficient (Wildman–Crippen LogP) is 5.58. The lowest BCUT2D eigenvalue weighted by molar-refractivity contribution is -0.384. The smallest absolute Gasteiger partial charge is 0.418 e. The molecule has 17 heteroatoms. The maximum atomic E-state index is 14.0. The number of para-hydroxylation sites is 1. The highest BCUT2D eigenvalue weighted by molar-refractivity contribution is 8.00. The van der Waals surface area contributed by atoms with Crippen LogP contribution in [-0.2, 0) is 20.6 Å². The molecule has 12 nitrogen and oxygen atoms in total. The molecule has 0 radical (unpaired) electrons. The van der Waals surface area contributed by atoms with Gasteiger partial charge in [-0.2, -0.15) is 13.2 Å². The van der Waals surface area contributed by atoms with Crippen LogP contribution in [0.25, 0.3) is 0 Å². The molecule has 2 aliphatic heterocycles. The number of nitro groups is 1. The number of rotatable bonds is 9. The van der Waals surface area contributed by atoms with Gasteiger partial charge in [0, 0.05) is 22.9 Å². The summed E-state index contributed by atoms with van der Waals surface area (Å²) in [7, 11) is 0. The Bertz CT molecular complexity index is 2000. The number of aromatic amines is 1. The summed E-state index contributed by atoms with van der Waals surface area (Å²) in [5.74, 6) is -3.46. The van der Waals surface area contributed by atoms with Gasteiger partial charge in [-0.15, -0.1) is 0 Å². The Morgan fingerprint density at radius 1 is 1.02 bits per heavy atom. The molecule has 0 spiro atoms. The molecule has 0 bridgehead atoms. The fourth-order valence-electron chi connectivity index (χ4n) is 5.63. The molecule has 3 aromatic carbocycles. The zero-order valence-corrected chi connectivity index (χ0v) is 26.2. The lowest BCUT2D eigenvalue weighted by Gasteiger charge is -2.30. The van der Waals surface area contributed by atoms with Crippen molar-refractivity contribution >= 4 is 57.9 Å². The van der Waals surface area contributed by atoms with E-state index in [1.807, 2.05) is 0 Å². The molecule has 2 N–H and O–H groups in total. The van der Waals surface area contributed by atoms with Crippen molar-refractivity contribution in [2.75, 3.05) is 23.4 Å².